The number of imide groups is 1. The average Bonchev–Trinajstić information content (AvgIpc) is 2.88. The van der Waals surface area contributed by atoms with Gasteiger partial charge >= 0.3 is 6.03 Å². The number of halogens is 2. The third-order valence-electron chi connectivity index (χ3n) is 3.06. The number of hydrogen-bond donors (Lipinski definition) is 3. The molecule has 1 unspecified atom stereocenters. The maximum Gasteiger partial charge on any atom is 0.321 e. The lowest BCUT2D eigenvalue weighted by Gasteiger charge is -2.11. The average molecular weight is 403 g/mol. The van der Waals surface area contributed by atoms with Crippen molar-refractivity contribution in [3.05, 3.63) is 28.2 Å². The number of urea groups is 1. The molecule has 4 N–H and O–H groups in total. The van der Waals surface area contributed by atoms with E-state index in [0.717, 1.165) is 11.8 Å². The molecule has 25 heavy (non-hydrogen) atoms. The fraction of sp³-hybridized carbons (Fsp3) is 0.286. The zero-order valence-electron chi connectivity index (χ0n) is 13.4. The number of nitrogens with one attached hydrogen (secondary N) is 2. The number of nitrogen functional groups attached to an aromatic ring is 1. The summed E-state index contributed by atoms with van der Waals surface area (Å²) in [7, 11) is 0. The van der Waals surface area contributed by atoms with Gasteiger partial charge < -0.3 is 11.2 Å². The largest absolute Gasteiger partial charge is 0.338 e. The lowest BCUT2D eigenvalue weighted by molar-refractivity contribution is -0.119. The van der Waals surface area contributed by atoms with Crippen molar-refractivity contribution in [2.45, 2.75) is 24.3 Å². The fourth-order valence-corrected chi connectivity index (χ4v) is 3.11. The zero-order valence-corrected chi connectivity index (χ0v) is 15.7. The Labute approximate surface area is 158 Å². The van der Waals surface area contributed by atoms with Gasteiger partial charge in [-0.3, -0.25) is 10.1 Å². The lowest BCUT2D eigenvalue weighted by Crippen LogP contribution is -2.42. The maximum atomic E-state index is 12.0. The summed E-state index contributed by atoms with van der Waals surface area (Å²) in [6.45, 7) is 3.80. The highest BCUT2D eigenvalue weighted by Crippen LogP contribution is 2.31. The van der Waals surface area contributed by atoms with E-state index in [0.29, 0.717) is 33.1 Å². The van der Waals surface area contributed by atoms with Crippen LogP contribution in [0.5, 0.6) is 0 Å². The first kappa shape index (κ1) is 19.4. The summed E-state index contributed by atoms with van der Waals surface area (Å²) in [6, 6.07) is 4.36. The first-order valence-corrected chi connectivity index (χ1v) is 8.88. The molecule has 0 aliphatic heterocycles. The van der Waals surface area contributed by atoms with E-state index < -0.39 is 17.2 Å². The van der Waals surface area contributed by atoms with E-state index in [2.05, 4.69) is 20.8 Å². The summed E-state index contributed by atoms with van der Waals surface area (Å²) >= 11 is 13.1. The van der Waals surface area contributed by atoms with Crippen LogP contribution in [0.3, 0.4) is 0 Å². The van der Waals surface area contributed by atoms with Crippen molar-refractivity contribution in [2.75, 3.05) is 12.4 Å². The van der Waals surface area contributed by atoms with Crippen LogP contribution in [0, 0.1) is 0 Å². The standard InChI is InChI=1S/C14H16Cl2N6O2S/c1-3-18-13(24)19-12(23)7(2)25-14-21-20-11(22(14)17)9-5-4-8(15)6-10(9)16/h4-7H,3,17H2,1-2H3,(H2,18,19,23,24). The molecule has 0 aliphatic rings. The third kappa shape index (κ3) is 4.77. The Bertz CT molecular complexity index is 798. The minimum Gasteiger partial charge on any atom is -0.338 e. The highest BCUT2D eigenvalue weighted by atomic mass is 35.5. The van der Waals surface area contributed by atoms with E-state index in [9.17, 15) is 9.59 Å². The van der Waals surface area contributed by atoms with E-state index >= 15 is 0 Å². The molecular formula is C14H16Cl2N6O2S. The van der Waals surface area contributed by atoms with Gasteiger partial charge in [0.25, 0.3) is 0 Å². The molecule has 0 aliphatic carbocycles. The smallest absolute Gasteiger partial charge is 0.321 e. The summed E-state index contributed by atoms with van der Waals surface area (Å²) in [6.07, 6.45) is 0. The van der Waals surface area contributed by atoms with Gasteiger partial charge in [0.15, 0.2) is 5.82 Å². The molecule has 0 spiro atoms. The van der Waals surface area contributed by atoms with Crippen molar-refractivity contribution in [1.29, 1.82) is 0 Å². The SMILES string of the molecule is CCNC(=O)NC(=O)C(C)Sc1nnc(-c2ccc(Cl)cc2Cl)n1N. The van der Waals surface area contributed by atoms with Crippen LogP contribution in [0.1, 0.15) is 13.8 Å². The Morgan fingerprint density at radius 1 is 1.36 bits per heavy atom. The highest BCUT2D eigenvalue weighted by molar-refractivity contribution is 8.00. The first-order chi connectivity index (χ1) is 11.8. The summed E-state index contributed by atoms with van der Waals surface area (Å²) in [5.41, 5.74) is 0.562. The Hall–Kier alpha value is -1.97. The van der Waals surface area contributed by atoms with Gasteiger partial charge in [0, 0.05) is 17.1 Å². The molecule has 2 rings (SSSR count). The first-order valence-electron chi connectivity index (χ1n) is 7.24. The number of hydrogen-bond acceptors (Lipinski definition) is 6. The molecule has 0 radical (unpaired) electrons. The van der Waals surface area contributed by atoms with Gasteiger partial charge in [0.1, 0.15) is 0 Å². The molecule has 0 saturated heterocycles. The van der Waals surface area contributed by atoms with E-state index in [1.165, 1.54) is 4.68 Å². The van der Waals surface area contributed by atoms with Gasteiger partial charge in [-0.05, 0) is 32.0 Å². The van der Waals surface area contributed by atoms with E-state index in [1.807, 2.05) is 0 Å². The Balaban J connectivity index is 2.13. The van der Waals surface area contributed by atoms with Crippen molar-refractivity contribution in [2.24, 2.45) is 0 Å². The van der Waals surface area contributed by atoms with E-state index in [-0.39, 0.29) is 0 Å². The predicted molar refractivity (Wildman–Crippen MR) is 98.2 cm³/mol. The fourth-order valence-electron chi connectivity index (χ4n) is 1.84. The van der Waals surface area contributed by atoms with Gasteiger partial charge in [0.05, 0.1) is 10.3 Å². The molecule has 1 heterocycles. The topological polar surface area (TPSA) is 115 Å². The van der Waals surface area contributed by atoms with Gasteiger partial charge in [-0.15, -0.1) is 10.2 Å². The van der Waals surface area contributed by atoms with Crippen LogP contribution in [0.25, 0.3) is 11.4 Å². The normalized spacial score (nSPS) is 11.8. The molecule has 1 aromatic carbocycles. The molecule has 134 valence electrons. The molecule has 2 aromatic rings. The second-order valence-electron chi connectivity index (χ2n) is 4.91. The Morgan fingerprint density at radius 2 is 2.08 bits per heavy atom. The molecule has 3 amide bonds. The highest BCUT2D eigenvalue weighted by Gasteiger charge is 2.22. The maximum absolute atomic E-state index is 12.0. The van der Waals surface area contributed by atoms with Crippen molar-refractivity contribution in [1.82, 2.24) is 25.5 Å². The van der Waals surface area contributed by atoms with Crippen LogP contribution < -0.4 is 16.5 Å². The molecule has 0 bridgehead atoms. The monoisotopic (exact) mass is 402 g/mol. The summed E-state index contributed by atoms with van der Waals surface area (Å²) in [4.78, 5) is 23.4. The number of carbonyl (C=O) groups excluding carboxylic acids is 2. The van der Waals surface area contributed by atoms with Gasteiger partial charge in [0.2, 0.25) is 11.1 Å². The molecule has 1 aromatic heterocycles. The van der Waals surface area contributed by atoms with Crippen molar-refractivity contribution < 1.29 is 9.59 Å². The van der Waals surface area contributed by atoms with Gasteiger partial charge in [-0.1, -0.05) is 35.0 Å². The minimum absolute atomic E-state index is 0.305. The third-order valence-corrected chi connectivity index (χ3v) is 4.67. The van der Waals surface area contributed by atoms with Crippen LogP contribution in [-0.4, -0.2) is 38.6 Å². The summed E-state index contributed by atoms with van der Waals surface area (Å²) < 4.78 is 1.23. The van der Waals surface area contributed by atoms with Gasteiger partial charge in [-0.2, -0.15) is 0 Å². The molecular weight excluding hydrogens is 387 g/mol. The number of rotatable bonds is 5. The predicted octanol–water partition coefficient (Wildman–Crippen LogP) is 2.29. The number of amides is 3. The summed E-state index contributed by atoms with van der Waals surface area (Å²) in [5, 5.41) is 13.3. The number of nitrogens with two attached hydrogens (primary N) is 1. The van der Waals surface area contributed by atoms with Crippen molar-refractivity contribution in [3.63, 3.8) is 0 Å². The van der Waals surface area contributed by atoms with E-state index in [1.54, 1.807) is 32.0 Å². The number of aromatic nitrogens is 3. The Kier molecular flexibility index (Phi) is 6.51. The second kappa shape index (κ2) is 8.41. The second-order valence-corrected chi connectivity index (χ2v) is 7.06. The van der Waals surface area contributed by atoms with Crippen LogP contribution in [0.15, 0.2) is 23.4 Å². The van der Waals surface area contributed by atoms with Crippen LogP contribution >= 0.6 is 35.0 Å². The van der Waals surface area contributed by atoms with Crippen molar-refractivity contribution in [3.8, 4) is 11.4 Å². The zero-order chi connectivity index (χ0) is 18.6. The molecule has 0 saturated carbocycles. The van der Waals surface area contributed by atoms with E-state index in [4.69, 9.17) is 29.0 Å². The van der Waals surface area contributed by atoms with Crippen molar-refractivity contribution >= 4 is 46.9 Å². The van der Waals surface area contributed by atoms with Gasteiger partial charge in [-0.25, -0.2) is 9.47 Å². The quantitative estimate of drug-likeness (QED) is 0.521. The molecule has 8 nitrogen and oxygen atoms in total. The number of carbonyl (C=O) groups is 2. The summed E-state index contributed by atoms with van der Waals surface area (Å²) in [5.74, 6) is 5.87. The van der Waals surface area contributed by atoms with Crippen LogP contribution in [-0.2, 0) is 4.79 Å². The van der Waals surface area contributed by atoms with Crippen LogP contribution in [0.4, 0.5) is 4.79 Å². The number of benzene rings is 1. The molecule has 11 heteroatoms. The number of nitrogens with zero attached hydrogens (tertiary/aromatic N) is 3. The lowest BCUT2D eigenvalue weighted by atomic mass is 10.2. The van der Waals surface area contributed by atoms with Crippen LogP contribution in [0.2, 0.25) is 10.0 Å². The molecule has 1 atom stereocenters. The Morgan fingerprint density at radius 3 is 2.72 bits per heavy atom. The molecule has 0 fully saturated rings. The number of thioether (sulfide) groups is 1. The minimum atomic E-state index is -0.609.